The third kappa shape index (κ3) is 8.22. The summed E-state index contributed by atoms with van der Waals surface area (Å²) in [6, 6.07) is 0. The zero-order valence-corrected chi connectivity index (χ0v) is 8.07. The summed E-state index contributed by atoms with van der Waals surface area (Å²) in [5.74, 6) is 6.94. The molecule has 0 amide bonds. The van der Waals surface area contributed by atoms with Crippen molar-refractivity contribution in [2.24, 2.45) is 0 Å². The van der Waals surface area contributed by atoms with Gasteiger partial charge in [0, 0.05) is 12.3 Å². The third-order valence-electron chi connectivity index (χ3n) is 0.870. The standard InChI is InChI=1S/C7H13NS2/c1-3-4-5-8-6-7-10-9-2/h8H,5-7H2,1-2H3. The number of hydrogen-bond acceptors (Lipinski definition) is 3. The van der Waals surface area contributed by atoms with E-state index in [1.165, 1.54) is 0 Å². The lowest BCUT2D eigenvalue weighted by Gasteiger charge is -1.96. The van der Waals surface area contributed by atoms with Crippen molar-refractivity contribution in [3.05, 3.63) is 0 Å². The normalized spacial score (nSPS) is 8.60. The van der Waals surface area contributed by atoms with Crippen LogP contribution in [0.5, 0.6) is 0 Å². The molecule has 0 heterocycles. The Kier molecular flexibility index (Phi) is 9.42. The largest absolute Gasteiger partial charge is 0.305 e. The number of rotatable bonds is 5. The van der Waals surface area contributed by atoms with Crippen LogP contribution in [0.25, 0.3) is 0 Å². The van der Waals surface area contributed by atoms with E-state index in [9.17, 15) is 0 Å². The zero-order chi connectivity index (χ0) is 7.66. The molecule has 1 nitrogen and oxygen atoms in total. The van der Waals surface area contributed by atoms with Crippen molar-refractivity contribution in [2.75, 3.05) is 25.1 Å². The Morgan fingerprint density at radius 3 is 2.90 bits per heavy atom. The monoisotopic (exact) mass is 175 g/mol. The molecule has 3 heteroatoms. The molecule has 0 rings (SSSR count). The van der Waals surface area contributed by atoms with Gasteiger partial charge in [-0.05, 0) is 13.2 Å². The van der Waals surface area contributed by atoms with Gasteiger partial charge in [-0.3, -0.25) is 0 Å². The molecule has 0 fully saturated rings. The first-order valence-electron chi connectivity index (χ1n) is 3.17. The fraction of sp³-hybridized carbons (Fsp3) is 0.714. The molecule has 0 spiro atoms. The van der Waals surface area contributed by atoms with Crippen molar-refractivity contribution in [3.63, 3.8) is 0 Å². The average molecular weight is 175 g/mol. The second-order valence-electron chi connectivity index (χ2n) is 1.59. The fourth-order valence-corrected chi connectivity index (χ4v) is 1.58. The van der Waals surface area contributed by atoms with Crippen molar-refractivity contribution >= 4 is 21.6 Å². The van der Waals surface area contributed by atoms with Crippen LogP contribution < -0.4 is 5.32 Å². The van der Waals surface area contributed by atoms with Crippen molar-refractivity contribution < 1.29 is 0 Å². The number of hydrogen-bond donors (Lipinski definition) is 1. The number of nitrogens with one attached hydrogen (secondary N) is 1. The minimum Gasteiger partial charge on any atom is -0.305 e. The fourth-order valence-electron chi connectivity index (χ4n) is 0.436. The Balaban J connectivity index is 2.82. The van der Waals surface area contributed by atoms with Crippen LogP contribution in [0.1, 0.15) is 6.92 Å². The van der Waals surface area contributed by atoms with Crippen LogP contribution in [0.3, 0.4) is 0 Å². The molecular formula is C7H13NS2. The SMILES string of the molecule is CC#CCNCCSSC. The molecule has 0 aliphatic carbocycles. The van der Waals surface area contributed by atoms with Gasteiger partial charge in [0.25, 0.3) is 0 Å². The van der Waals surface area contributed by atoms with E-state index in [1.807, 2.05) is 17.7 Å². The molecule has 0 unspecified atom stereocenters. The van der Waals surface area contributed by atoms with Crippen LogP contribution in [-0.2, 0) is 0 Å². The van der Waals surface area contributed by atoms with Gasteiger partial charge in [0.05, 0.1) is 6.54 Å². The molecule has 10 heavy (non-hydrogen) atoms. The predicted molar refractivity (Wildman–Crippen MR) is 52.3 cm³/mol. The quantitative estimate of drug-likeness (QED) is 0.387. The van der Waals surface area contributed by atoms with E-state index in [-0.39, 0.29) is 0 Å². The Morgan fingerprint density at radius 2 is 2.30 bits per heavy atom. The summed E-state index contributed by atoms with van der Waals surface area (Å²) in [7, 11) is 3.68. The highest BCUT2D eigenvalue weighted by Crippen LogP contribution is 2.14. The topological polar surface area (TPSA) is 12.0 Å². The highest BCUT2D eigenvalue weighted by molar-refractivity contribution is 8.76. The van der Waals surface area contributed by atoms with E-state index >= 15 is 0 Å². The minimum absolute atomic E-state index is 0.825. The van der Waals surface area contributed by atoms with E-state index in [1.54, 1.807) is 10.8 Å². The van der Waals surface area contributed by atoms with Crippen LogP contribution in [0.4, 0.5) is 0 Å². The Labute approximate surface area is 71.1 Å². The molecule has 0 aromatic rings. The summed E-state index contributed by atoms with van der Waals surface area (Å²) in [5, 5.41) is 3.21. The maximum atomic E-state index is 3.21. The van der Waals surface area contributed by atoms with Gasteiger partial charge in [0.15, 0.2) is 0 Å². The lowest BCUT2D eigenvalue weighted by molar-refractivity contribution is 0.819. The molecule has 0 aliphatic heterocycles. The van der Waals surface area contributed by atoms with Crippen LogP contribution in [0.2, 0.25) is 0 Å². The second-order valence-corrected chi connectivity index (χ2v) is 4.28. The van der Waals surface area contributed by atoms with Crippen molar-refractivity contribution in [1.29, 1.82) is 0 Å². The highest BCUT2D eigenvalue weighted by Gasteiger charge is 1.83. The van der Waals surface area contributed by atoms with Gasteiger partial charge >= 0.3 is 0 Å². The van der Waals surface area contributed by atoms with Gasteiger partial charge in [-0.15, -0.1) is 5.92 Å². The van der Waals surface area contributed by atoms with Gasteiger partial charge < -0.3 is 5.32 Å². The summed E-state index contributed by atoms with van der Waals surface area (Å²) in [6.45, 7) is 3.74. The summed E-state index contributed by atoms with van der Waals surface area (Å²) in [6.07, 6.45) is 2.09. The average Bonchev–Trinajstić information content (AvgIpc) is 1.97. The Hall–Kier alpha value is 0.220. The molecule has 0 bridgehead atoms. The van der Waals surface area contributed by atoms with E-state index in [2.05, 4.69) is 23.4 Å². The highest BCUT2D eigenvalue weighted by atomic mass is 33.1. The maximum absolute atomic E-state index is 3.21. The summed E-state index contributed by atoms with van der Waals surface area (Å²) >= 11 is 0. The van der Waals surface area contributed by atoms with E-state index in [0.29, 0.717) is 0 Å². The first kappa shape index (κ1) is 10.2. The van der Waals surface area contributed by atoms with Crippen LogP contribution >= 0.6 is 21.6 Å². The second kappa shape index (κ2) is 9.22. The molecule has 0 atom stereocenters. The first-order valence-corrected chi connectivity index (χ1v) is 5.90. The van der Waals surface area contributed by atoms with Gasteiger partial charge in [-0.1, -0.05) is 27.5 Å². The molecule has 58 valence electrons. The molecule has 0 saturated carbocycles. The van der Waals surface area contributed by atoms with Gasteiger partial charge in [-0.25, -0.2) is 0 Å². The first-order chi connectivity index (χ1) is 4.91. The Bertz CT molecular complexity index is 115. The predicted octanol–water partition coefficient (Wildman–Crippen LogP) is 1.61. The molecule has 0 aliphatic rings. The third-order valence-corrected chi connectivity index (χ3v) is 2.68. The molecule has 1 N–H and O–H groups in total. The van der Waals surface area contributed by atoms with Gasteiger partial charge in [0.1, 0.15) is 0 Å². The van der Waals surface area contributed by atoms with Crippen molar-refractivity contribution in [2.45, 2.75) is 6.92 Å². The van der Waals surface area contributed by atoms with Crippen molar-refractivity contribution in [1.82, 2.24) is 5.32 Å². The molecule has 0 aromatic heterocycles. The van der Waals surface area contributed by atoms with E-state index < -0.39 is 0 Å². The smallest absolute Gasteiger partial charge is 0.0576 e. The van der Waals surface area contributed by atoms with Crippen LogP contribution in [0.15, 0.2) is 0 Å². The molecule has 0 saturated heterocycles. The summed E-state index contributed by atoms with van der Waals surface area (Å²) in [4.78, 5) is 0. The molecule has 0 aromatic carbocycles. The minimum atomic E-state index is 0.825. The van der Waals surface area contributed by atoms with Gasteiger partial charge in [-0.2, -0.15) is 0 Å². The summed E-state index contributed by atoms with van der Waals surface area (Å²) in [5.41, 5.74) is 0. The zero-order valence-electron chi connectivity index (χ0n) is 6.44. The lowest BCUT2D eigenvalue weighted by Crippen LogP contribution is -2.16. The maximum Gasteiger partial charge on any atom is 0.0576 e. The van der Waals surface area contributed by atoms with Crippen LogP contribution in [0, 0.1) is 11.8 Å². The van der Waals surface area contributed by atoms with Crippen LogP contribution in [-0.4, -0.2) is 25.1 Å². The Morgan fingerprint density at radius 1 is 1.50 bits per heavy atom. The lowest BCUT2D eigenvalue weighted by atomic mass is 10.6. The summed E-state index contributed by atoms with van der Waals surface area (Å²) < 4.78 is 0. The van der Waals surface area contributed by atoms with E-state index in [4.69, 9.17) is 0 Å². The molecule has 0 radical (unpaired) electrons. The molecular weight excluding hydrogens is 162 g/mol. The van der Waals surface area contributed by atoms with Crippen molar-refractivity contribution in [3.8, 4) is 11.8 Å². The van der Waals surface area contributed by atoms with E-state index in [0.717, 1.165) is 18.8 Å². The van der Waals surface area contributed by atoms with Gasteiger partial charge in [0.2, 0.25) is 0 Å².